The average molecular weight is 351 g/mol. The second-order valence-electron chi connectivity index (χ2n) is 7.06. The topological polar surface area (TPSA) is 61.8 Å². The first-order valence-corrected chi connectivity index (χ1v) is 9.89. The van der Waals surface area contributed by atoms with Gasteiger partial charge in [0.2, 0.25) is 0 Å². The molecule has 0 amide bonds. The molecule has 0 unspecified atom stereocenters. The molecule has 0 bridgehead atoms. The number of nitrogens with one attached hydrogen (secondary N) is 1. The summed E-state index contributed by atoms with van der Waals surface area (Å²) in [6.07, 6.45) is 9.08. The minimum Gasteiger partial charge on any atom is -0.507 e. The molecular weight excluding hydrogens is 322 g/mol. The van der Waals surface area contributed by atoms with Crippen LogP contribution >= 0.6 is 0 Å². The molecule has 0 aliphatic heterocycles. The van der Waals surface area contributed by atoms with E-state index in [1.54, 1.807) is 0 Å². The SMILES string of the molecule is CCCCCc1cc(CCCCC)c(O)c(-c2cccc3n[nH]nc23)c1. The van der Waals surface area contributed by atoms with Crippen molar-refractivity contribution in [1.82, 2.24) is 15.4 Å². The number of aryl methyl sites for hydroxylation is 2. The van der Waals surface area contributed by atoms with Crippen LogP contribution in [-0.4, -0.2) is 20.5 Å². The van der Waals surface area contributed by atoms with Gasteiger partial charge in [-0.2, -0.15) is 15.4 Å². The molecule has 4 heteroatoms. The fourth-order valence-electron chi connectivity index (χ4n) is 3.53. The Kier molecular flexibility index (Phi) is 6.26. The molecule has 2 N–H and O–H groups in total. The highest BCUT2D eigenvalue weighted by molar-refractivity contribution is 5.93. The van der Waals surface area contributed by atoms with E-state index >= 15 is 0 Å². The third kappa shape index (κ3) is 4.06. The molecule has 1 heterocycles. The van der Waals surface area contributed by atoms with Gasteiger partial charge in [0.15, 0.2) is 0 Å². The molecule has 0 aliphatic rings. The number of aromatic nitrogens is 3. The Morgan fingerprint density at radius 1 is 0.885 bits per heavy atom. The molecule has 1 aromatic heterocycles. The summed E-state index contributed by atoms with van der Waals surface area (Å²) in [5.41, 5.74) is 5.83. The Bertz CT molecular complexity index is 854. The smallest absolute Gasteiger partial charge is 0.126 e. The van der Waals surface area contributed by atoms with Gasteiger partial charge in [0.05, 0.1) is 0 Å². The number of fused-ring (bicyclic) bond motifs is 1. The monoisotopic (exact) mass is 351 g/mol. The lowest BCUT2D eigenvalue weighted by Crippen LogP contribution is -1.95. The fourth-order valence-corrected chi connectivity index (χ4v) is 3.53. The van der Waals surface area contributed by atoms with E-state index in [4.69, 9.17) is 0 Å². The highest BCUT2D eigenvalue weighted by atomic mass is 16.3. The largest absolute Gasteiger partial charge is 0.507 e. The summed E-state index contributed by atoms with van der Waals surface area (Å²) < 4.78 is 0. The predicted molar refractivity (Wildman–Crippen MR) is 107 cm³/mol. The lowest BCUT2D eigenvalue weighted by molar-refractivity contribution is 0.468. The second kappa shape index (κ2) is 8.84. The minimum absolute atomic E-state index is 0.399. The molecule has 0 spiro atoms. The van der Waals surface area contributed by atoms with Crippen molar-refractivity contribution in [2.24, 2.45) is 0 Å². The number of phenolic OH excluding ortho intramolecular Hbond substituents is 1. The number of benzene rings is 2. The maximum absolute atomic E-state index is 11.0. The molecule has 0 fully saturated rings. The van der Waals surface area contributed by atoms with Crippen LogP contribution in [0.1, 0.15) is 63.5 Å². The number of aromatic amines is 1. The molecule has 3 aromatic rings. The van der Waals surface area contributed by atoms with Gasteiger partial charge in [-0.1, -0.05) is 57.7 Å². The van der Waals surface area contributed by atoms with Gasteiger partial charge in [0, 0.05) is 11.1 Å². The van der Waals surface area contributed by atoms with E-state index in [1.807, 2.05) is 18.2 Å². The van der Waals surface area contributed by atoms with Crippen molar-refractivity contribution < 1.29 is 5.11 Å². The van der Waals surface area contributed by atoms with E-state index in [2.05, 4.69) is 41.4 Å². The maximum Gasteiger partial charge on any atom is 0.126 e. The lowest BCUT2D eigenvalue weighted by Gasteiger charge is -2.14. The number of H-pyrrole nitrogens is 1. The van der Waals surface area contributed by atoms with Crippen molar-refractivity contribution in [3.05, 3.63) is 41.5 Å². The molecule has 26 heavy (non-hydrogen) atoms. The Morgan fingerprint density at radius 2 is 1.65 bits per heavy atom. The summed E-state index contributed by atoms with van der Waals surface area (Å²) in [6, 6.07) is 10.3. The first-order chi connectivity index (χ1) is 12.7. The maximum atomic E-state index is 11.0. The number of aromatic hydroxyl groups is 1. The number of unbranched alkanes of at least 4 members (excludes halogenated alkanes) is 4. The van der Waals surface area contributed by atoms with E-state index in [0.717, 1.165) is 47.0 Å². The standard InChI is InChI=1S/C22H29N3O/c1-3-5-7-10-16-14-17(11-8-6-4-2)22(26)19(15-16)18-12-9-13-20-21(18)24-25-23-20/h9,12-15,26H,3-8,10-11H2,1-2H3,(H,23,24,25). The number of hydrogen-bond acceptors (Lipinski definition) is 3. The molecule has 0 aliphatic carbocycles. The number of phenols is 1. The van der Waals surface area contributed by atoms with E-state index in [1.165, 1.54) is 37.7 Å². The van der Waals surface area contributed by atoms with Gasteiger partial charge in [-0.05, 0) is 48.9 Å². The van der Waals surface area contributed by atoms with Crippen LogP contribution in [0.25, 0.3) is 22.2 Å². The van der Waals surface area contributed by atoms with Gasteiger partial charge in [0.1, 0.15) is 16.8 Å². The van der Waals surface area contributed by atoms with Crippen LogP contribution in [0.5, 0.6) is 5.75 Å². The highest BCUT2D eigenvalue weighted by Gasteiger charge is 2.15. The third-order valence-corrected chi connectivity index (χ3v) is 5.00. The normalized spacial score (nSPS) is 11.3. The third-order valence-electron chi connectivity index (χ3n) is 5.00. The summed E-state index contributed by atoms with van der Waals surface area (Å²) in [6.45, 7) is 4.43. The van der Waals surface area contributed by atoms with Gasteiger partial charge >= 0.3 is 0 Å². The number of nitrogens with zero attached hydrogens (tertiary/aromatic N) is 2. The van der Waals surface area contributed by atoms with Crippen molar-refractivity contribution in [3.63, 3.8) is 0 Å². The van der Waals surface area contributed by atoms with Crippen LogP contribution in [0.2, 0.25) is 0 Å². The Morgan fingerprint density at radius 3 is 2.42 bits per heavy atom. The van der Waals surface area contributed by atoms with Crippen LogP contribution < -0.4 is 0 Å². The Labute approximate surface area is 155 Å². The summed E-state index contributed by atoms with van der Waals surface area (Å²) >= 11 is 0. The zero-order chi connectivity index (χ0) is 18.4. The van der Waals surface area contributed by atoms with Crippen molar-refractivity contribution in [3.8, 4) is 16.9 Å². The van der Waals surface area contributed by atoms with Gasteiger partial charge in [-0.3, -0.25) is 0 Å². The van der Waals surface area contributed by atoms with E-state index in [0.29, 0.717) is 5.75 Å². The summed E-state index contributed by atoms with van der Waals surface area (Å²) in [4.78, 5) is 0. The molecule has 138 valence electrons. The summed E-state index contributed by atoms with van der Waals surface area (Å²) in [5.74, 6) is 0.399. The van der Waals surface area contributed by atoms with E-state index in [9.17, 15) is 5.11 Å². The van der Waals surface area contributed by atoms with Gasteiger partial charge in [0.25, 0.3) is 0 Å². The van der Waals surface area contributed by atoms with Crippen molar-refractivity contribution in [2.75, 3.05) is 0 Å². The van der Waals surface area contributed by atoms with Crippen LogP contribution in [0.4, 0.5) is 0 Å². The Hall–Kier alpha value is -2.36. The van der Waals surface area contributed by atoms with E-state index in [-0.39, 0.29) is 0 Å². The predicted octanol–water partition coefficient (Wildman–Crippen LogP) is 5.80. The lowest BCUT2D eigenvalue weighted by atomic mass is 9.93. The first-order valence-electron chi connectivity index (χ1n) is 9.89. The van der Waals surface area contributed by atoms with Crippen molar-refractivity contribution in [1.29, 1.82) is 0 Å². The quantitative estimate of drug-likeness (QED) is 0.479. The first kappa shape index (κ1) is 18.4. The summed E-state index contributed by atoms with van der Waals surface area (Å²) in [7, 11) is 0. The van der Waals surface area contributed by atoms with Crippen LogP contribution in [0, 0.1) is 0 Å². The molecule has 0 radical (unpaired) electrons. The molecule has 0 saturated carbocycles. The molecule has 4 nitrogen and oxygen atoms in total. The van der Waals surface area contributed by atoms with Gasteiger partial charge in [-0.15, -0.1) is 0 Å². The fraction of sp³-hybridized carbons (Fsp3) is 0.455. The molecule has 0 atom stereocenters. The van der Waals surface area contributed by atoms with Gasteiger partial charge in [-0.25, -0.2) is 0 Å². The number of para-hydroxylation sites is 1. The number of hydrogen-bond donors (Lipinski definition) is 2. The van der Waals surface area contributed by atoms with Crippen LogP contribution in [-0.2, 0) is 12.8 Å². The Balaban J connectivity index is 2.02. The van der Waals surface area contributed by atoms with Crippen molar-refractivity contribution in [2.45, 2.75) is 65.2 Å². The van der Waals surface area contributed by atoms with Crippen LogP contribution in [0.3, 0.4) is 0 Å². The molecular formula is C22H29N3O. The van der Waals surface area contributed by atoms with Crippen molar-refractivity contribution >= 4 is 11.0 Å². The molecule has 0 saturated heterocycles. The molecule has 2 aromatic carbocycles. The zero-order valence-corrected chi connectivity index (χ0v) is 15.9. The van der Waals surface area contributed by atoms with Crippen LogP contribution in [0.15, 0.2) is 30.3 Å². The zero-order valence-electron chi connectivity index (χ0n) is 15.9. The average Bonchev–Trinajstić information content (AvgIpc) is 3.13. The van der Waals surface area contributed by atoms with Gasteiger partial charge < -0.3 is 5.11 Å². The number of rotatable bonds is 9. The molecule has 3 rings (SSSR count). The van der Waals surface area contributed by atoms with E-state index < -0.39 is 0 Å². The highest BCUT2D eigenvalue weighted by Crippen LogP contribution is 2.37. The summed E-state index contributed by atoms with van der Waals surface area (Å²) in [5, 5.41) is 22.2. The minimum atomic E-state index is 0.399. The second-order valence-corrected chi connectivity index (χ2v) is 7.06.